The lowest BCUT2D eigenvalue weighted by Gasteiger charge is -2.24. The van der Waals surface area contributed by atoms with Gasteiger partial charge >= 0.3 is 6.03 Å². The Morgan fingerprint density at radius 2 is 1.91 bits per heavy atom. The van der Waals surface area contributed by atoms with Crippen LogP contribution in [0.25, 0.3) is 0 Å². The molecular weight excluding hydrogens is 280 g/mol. The molecule has 0 radical (unpaired) electrons. The van der Waals surface area contributed by atoms with E-state index >= 15 is 0 Å². The molecule has 1 aliphatic rings. The largest absolute Gasteiger partial charge is 0.486 e. The van der Waals surface area contributed by atoms with Crippen LogP contribution in [-0.2, 0) is 0 Å². The number of anilines is 1. The first-order valence-corrected chi connectivity index (χ1v) is 7.83. The summed E-state index contributed by atoms with van der Waals surface area (Å²) in [6.45, 7) is 6.15. The van der Waals surface area contributed by atoms with Crippen LogP contribution < -0.4 is 15.4 Å². The van der Waals surface area contributed by atoms with Crippen LogP contribution in [0.5, 0.6) is 5.75 Å². The van der Waals surface area contributed by atoms with Crippen molar-refractivity contribution in [1.82, 2.24) is 5.32 Å². The van der Waals surface area contributed by atoms with Gasteiger partial charge in [-0.15, -0.1) is 0 Å². The second kappa shape index (κ2) is 6.57. The summed E-state index contributed by atoms with van der Waals surface area (Å²) in [4.78, 5) is 12.0. The van der Waals surface area contributed by atoms with E-state index in [0.717, 1.165) is 25.7 Å². The molecule has 0 aromatic heterocycles. The smallest absolute Gasteiger partial charge is 0.319 e. The van der Waals surface area contributed by atoms with Gasteiger partial charge in [0.25, 0.3) is 0 Å². The third-order valence-electron chi connectivity index (χ3n) is 3.66. The first kappa shape index (κ1) is 16.6. The maximum absolute atomic E-state index is 12.0. The molecule has 0 bridgehead atoms. The van der Waals surface area contributed by atoms with Crippen molar-refractivity contribution in [2.75, 3.05) is 11.9 Å². The molecule has 2 amide bonds. The lowest BCUT2D eigenvalue weighted by Crippen LogP contribution is -2.42. The number of benzene rings is 1. The maximum Gasteiger partial charge on any atom is 0.319 e. The Kier molecular flexibility index (Phi) is 4.96. The summed E-state index contributed by atoms with van der Waals surface area (Å²) in [7, 11) is 0. The van der Waals surface area contributed by atoms with Gasteiger partial charge in [-0.2, -0.15) is 0 Å². The second-order valence-corrected chi connectivity index (χ2v) is 6.95. The molecule has 0 atom stereocenters. The minimum absolute atomic E-state index is 0.279. The van der Waals surface area contributed by atoms with Gasteiger partial charge in [0.1, 0.15) is 11.4 Å². The lowest BCUT2D eigenvalue weighted by atomic mass is 10.0. The summed E-state index contributed by atoms with van der Waals surface area (Å²) in [6, 6.07) is 7.00. The fourth-order valence-electron chi connectivity index (χ4n) is 2.61. The van der Waals surface area contributed by atoms with Crippen LogP contribution in [0.2, 0.25) is 0 Å². The van der Waals surface area contributed by atoms with E-state index in [-0.39, 0.29) is 18.2 Å². The fourth-order valence-corrected chi connectivity index (χ4v) is 2.61. The summed E-state index contributed by atoms with van der Waals surface area (Å²) >= 11 is 0. The number of urea groups is 1. The Morgan fingerprint density at radius 1 is 1.27 bits per heavy atom. The van der Waals surface area contributed by atoms with Crippen molar-refractivity contribution >= 4 is 11.7 Å². The van der Waals surface area contributed by atoms with Crippen molar-refractivity contribution in [2.24, 2.45) is 0 Å². The Morgan fingerprint density at radius 3 is 2.55 bits per heavy atom. The van der Waals surface area contributed by atoms with Gasteiger partial charge in [-0.25, -0.2) is 4.79 Å². The minimum atomic E-state index is -0.751. The fraction of sp³-hybridized carbons (Fsp3) is 0.588. The molecule has 22 heavy (non-hydrogen) atoms. The van der Waals surface area contributed by atoms with E-state index < -0.39 is 5.60 Å². The second-order valence-electron chi connectivity index (χ2n) is 6.95. The molecule has 0 spiro atoms. The first-order chi connectivity index (χ1) is 10.3. The Balaban J connectivity index is 1.94. The number of amides is 2. The third-order valence-corrected chi connectivity index (χ3v) is 3.66. The highest BCUT2D eigenvalue weighted by atomic mass is 16.5. The van der Waals surface area contributed by atoms with Crippen LogP contribution in [0.1, 0.15) is 46.5 Å². The zero-order valence-electron chi connectivity index (χ0n) is 13.6. The Labute approximate surface area is 132 Å². The number of hydrogen-bond donors (Lipinski definition) is 3. The molecule has 0 saturated heterocycles. The predicted octanol–water partition coefficient (Wildman–Crippen LogP) is 3.29. The number of carbonyl (C=O) groups is 1. The van der Waals surface area contributed by atoms with Gasteiger partial charge in [-0.3, -0.25) is 0 Å². The topological polar surface area (TPSA) is 70.6 Å². The van der Waals surface area contributed by atoms with Gasteiger partial charge in [0.15, 0.2) is 0 Å². The van der Waals surface area contributed by atoms with Crippen molar-refractivity contribution in [3.05, 3.63) is 24.3 Å². The highest BCUT2D eigenvalue weighted by Gasteiger charge is 2.31. The van der Waals surface area contributed by atoms with E-state index in [1.807, 2.05) is 39.0 Å². The number of carbonyl (C=O) groups excluding carboxylic acids is 1. The number of para-hydroxylation sites is 2. The lowest BCUT2D eigenvalue weighted by molar-refractivity contribution is 0.0506. The van der Waals surface area contributed by atoms with E-state index in [2.05, 4.69) is 10.6 Å². The number of hydrogen-bond acceptors (Lipinski definition) is 3. The standard InChI is InChI=1S/C17H26N2O3/c1-16(2,3)22-14-9-5-4-8-13(14)19-15(20)18-12-17(21)10-6-7-11-17/h4-5,8-9,21H,6-7,10-12H2,1-3H3,(H2,18,19,20). The Bertz CT molecular complexity index is 517. The van der Waals surface area contributed by atoms with E-state index in [0.29, 0.717) is 11.4 Å². The van der Waals surface area contributed by atoms with Gasteiger partial charge in [-0.05, 0) is 45.7 Å². The number of nitrogens with one attached hydrogen (secondary N) is 2. The van der Waals surface area contributed by atoms with Crippen LogP contribution in [0.15, 0.2) is 24.3 Å². The van der Waals surface area contributed by atoms with Gasteiger partial charge in [-0.1, -0.05) is 25.0 Å². The highest BCUT2D eigenvalue weighted by Crippen LogP contribution is 2.29. The predicted molar refractivity (Wildman–Crippen MR) is 87.3 cm³/mol. The molecule has 5 heteroatoms. The summed E-state index contributed by atoms with van der Waals surface area (Å²) in [5, 5.41) is 15.8. The summed E-state index contributed by atoms with van der Waals surface area (Å²) < 4.78 is 5.84. The van der Waals surface area contributed by atoms with Gasteiger partial charge in [0, 0.05) is 6.54 Å². The van der Waals surface area contributed by atoms with Crippen molar-refractivity contribution < 1.29 is 14.6 Å². The van der Waals surface area contributed by atoms with Crippen LogP contribution in [-0.4, -0.2) is 28.9 Å². The molecule has 0 aliphatic heterocycles. The Hall–Kier alpha value is -1.75. The van der Waals surface area contributed by atoms with Crippen LogP contribution in [0.3, 0.4) is 0 Å². The molecule has 2 rings (SSSR count). The van der Waals surface area contributed by atoms with Gasteiger partial charge < -0.3 is 20.5 Å². The molecule has 1 fully saturated rings. The van der Waals surface area contributed by atoms with E-state index in [9.17, 15) is 9.90 Å². The van der Waals surface area contributed by atoms with Crippen LogP contribution >= 0.6 is 0 Å². The van der Waals surface area contributed by atoms with E-state index in [1.54, 1.807) is 6.07 Å². The molecular formula is C17H26N2O3. The minimum Gasteiger partial charge on any atom is -0.486 e. The monoisotopic (exact) mass is 306 g/mol. The van der Waals surface area contributed by atoms with Crippen LogP contribution in [0.4, 0.5) is 10.5 Å². The van der Waals surface area contributed by atoms with Crippen LogP contribution in [0, 0.1) is 0 Å². The quantitative estimate of drug-likeness (QED) is 0.799. The number of rotatable bonds is 4. The van der Waals surface area contributed by atoms with Crippen molar-refractivity contribution in [2.45, 2.75) is 57.7 Å². The van der Waals surface area contributed by atoms with Gasteiger partial charge in [0.2, 0.25) is 0 Å². The molecule has 0 unspecified atom stereocenters. The number of ether oxygens (including phenoxy) is 1. The molecule has 5 nitrogen and oxygen atoms in total. The van der Waals surface area contributed by atoms with E-state index in [1.165, 1.54) is 0 Å². The number of aliphatic hydroxyl groups is 1. The SMILES string of the molecule is CC(C)(C)Oc1ccccc1NC(=O)NCC1(O)CCCC1. The van der Waals surface area contributed by atoms with Crippen molar-refractivity contribution in [1.29, 1.82) is 0 Å². The zero-order valence-corrected chi connectivity index (χ0v) is 13.6. The highest BCUT2D eigenvalue weighted by molar-refractivity contribution is 5.90. The average molecular weight is 306 g/mol. The maximum atomic E-state index is 12.0. The van der Waals surface area contributed by atoms with Crippen molar-refractivity contribution in [3.8, 4) is 5.75 Å². The van der Waals surface area contributed by atoms with Crippen molar-refractivity contribution in [3.63, 3.8) is 0 Å². The molecule has 1 aliphatic carbocycles. The van der Waals surface area contributed by atoms with Gasteiger partial charge in [0.05, 0.1) is 11.3 Å². The molecule has 0 heterocycles. The molecule has 3 N–H and O–H groups in total. The average Bonchev–Trinajstić information content (AvgIpc) is 2.85. The first-order valence-electron chi connectivity index (χ1n) is 7.83. The summed E-state index contributed by atoms with van der Waals surface area (Å²) in [5.74, 6) is 0.629. The summed E-state index contributed by atoms with van der Waals surface area (Å²) in [6.07, 6.45) is 3.53. The third kappa shape index (κ3) is 4.91. The molecule has 122 valence electrons. The molecule has 1 saturated carbocycles. The molecule has 1 aromatic carbocycles. The molecule has 1 aromatic rings. The normalized spacial score (nSPS) is 17.1. The summed E-state index contributed by atoms with van der Waals surface area (Å²) in [5.41, 5.74) is -0.472. The zero-order chi connectivity index (χ0) is 16.2. The van der Waals surface area contributed by atoms with E-state index in [4.69, 9.17) is 4.74 Å².